The molecule has 0 saturated carbocycles. The van der Waals surface area contributed by atoms with Gasteiger partial charge in [0, 0.05) is 5.92 Å². The molecule has 0 spiro atoms. The molecule has 0 saturated heterocycles. The van der Waals surface area contributed by atoms with Gasteiger partial charge in [-0.3, -0.25) is 0 Å². The zero-order valence-electron chi connectivity index (χ0n) is 28.0. The maximum atomic E-state index is 2.53. The number of hydrogen-bond donors (Lipinski definition) is 0. The standard InChI is InChI=1S/C45H44/c1-28-16-15-21-32-24-29(2)40(39(28)32)42-37-26-33-25-34(44(3,4)5)22-23-35(33)36(37)27-38(43(42)45(6,7)8)41(30-17-11-9-12-18-30)31-19-13-10-14-20-31/h9-27,40H,1-8H3. The molecule has 7 rings (SSSR count). The first kappa shape index (κ1) is 29.3. The summed E-state index contributed by atoms with van der Waals surface area (Å²) in [5.41, 5.74) is 17.7. The minimum atomic E-state index is -0.112. The van der Waals surface area contributed by atoms with Crippen LogP contribution in [0.5, 0.6) is 0 Å². The Bertz CT molecular complexity index is 2070. The molecule has 0 aromatic heterocycles. The fourth-order valence-corrected chi connectivity index (χ4v) is 7.79. The second-order valence-corrected chi connectivity index (χ2v) is 15.1. The first-order valence-electron chi connectivity index (χ1n) is 16.4. The monoisotopic (exact) mass is 584 g/mol. The molecule has 0 fully saturated rings. The number of allylic oxidation sites excluding steroid dienone is 1. The van der Waals surface area contributed by atoms with Crippen LogP contribution >= 0.6 is 0 Å². The Kier molecular flexibility index (Phi) is 6.90. The molecule has 45 heavy (non-hydrogen) atoms. The Labute approximate surface area is 269 Å². The van der Waals surface area contributed by atoms with Crippen LogP contribution in [0.3, 0.4) is 0 Å². The second kappa shape index (κ2) is 10.6. The fourth-order valence-electron chi connectivity index (χ4n) is 7.79. The van der Waals surface area contributed by atoms with Crippen molar-refractivity contribution < 1.29 is 0 Å². The van der Waals surface area contributed by atoms with E-state index in [1.54, 1.807) is 0 Å². The molecule has 0 aliphatic heterocycles. The second-order valence-electron chi connectivity index (χ2n) is 15.1. The zero-order valence-corrected chi connectivity index (χ0v) is 28.0. The third-order valence-electron chi connectivity index (χ3n) is 9.83. The molecule has 5 aromatic rings. The van der Waals surface area contributed by atoms with Crippen LogP contribution in [0.2, 0.25) is 0 Å². The van der Waals surface area contributed by atoms with E-state index in [4.69, 9.17) is 0 Å². The molecule has 0 radical (unpaired) electrons. The summed E-state index contributed by atoms with van der Waals surface area (Å²) < 4.78 is 0. The Morgan fingerprint density at radius 3 is 1.80 bits per heavy atom. The Hall–Kier alpha value is -4.42. The first-order chi connectivity index (χ1) is 21.4. The van der Waals surface area contributed by atoms with E-state index in [1.807, 2.05) is 0 Å². The molecule has 0 N–H and O–H groups in total. The van der Waals surface area contributed by atoms with Gasteiger partial charge in [-0.05, 0) is 114 Å². The van der Waals surface area contributed by atoms with E-state index in [9.17, 15) is 0 Å². The average molecular weight is 585 g/mol. The van der Waals surface area contributed by atoms with Gasteiger partial charge in [0.2, 0.25) is 0 Å². The smallest absolute Gasteiger partial charge is 0.0317 e. The Morgan fingerprint density at radius 2 is 1.20 bits per heavy atom. The number of fused-ring (bicyclic) bond motifs is 4. The predicted octanol–water partition coefficient (Wildman–Crippen LogP) is 10.2. The third kappa shape index (κ3) is 4.92. The van der Waals surface area contributed by atoms with Crippen molar-refractivity contribution in [1.29, 1.82) is 0 Å². The molecule has 0 amide bonds. The summed E-state index contributed by atoms with van der Waals surface area (Å²) in [5.74, 6) is 0.199. The molecule has 2 aliphatic rings. The first-order valence-corrected chi connectivity index (χ1v) is 16.4. The summed E-state index contributed by atoms with van der Waals surface area (Å²) in [7, 11) is 0. The van der Waals surface area contributed by atoms with Crippen LogP contribution < -0.4 is 10.4 Å². The van der Waals surface area contributed by atoms with E-state index in [-0.39, 0.29) is 16.7 Å². The topological polar surface area (TPSA) is 0 Å². The van der Waals surface area contributed by atoms with Gasteiger partial charge in [0.1, 0.15) is 0 Å². The molecule has 1 unspecified atom stereocenters. The molecule has 1 atom stereocenters. The van der Waals surface area contributed by atoms with E-state index in [0.717, 1.165) is 0 Å². The summed E-state index contributed by atoms with van der Waals surface area (Å²) in [6.45, 7) is 18.8. The summed E-state index contributed by atoms with van der Waals surface area (Å²) >= 11 is 0. The van der Waals surface area contributed by atoms with Gasteiger partial charge in [0.15, 0.2) is 0 Å². The van der Waals surface area contributed by atoms with Crippen LogP contribution in [0.15, 0.2) is 109 Å². The molecule has 5 aromatic carbocycles. The highest BCUT2D eigenvalue weighted by atomic mass is 14.4. The van der Waals surface area contributed by atoms with Crippen molar-refractivity contribution in [3.05, 3.63) is 169 Å². The van der Waals surface area contributed by atoms with Gasteiger partial charge in [0.05, 0.1) is 0 Å². The largest absolute Gasteiger partial charge is 0.0622 e. The summed E-state index contributed by atoms with van der Waals surface area (Å²) in [4.78, 5) is 0. The minimum absolute atomic E-state index is 0.0879. The maximum absolute atomic E-state index is 2.53. The molecule has 2 aliphatic carbocycles. The van der Waals surface area contributed by atoms with Gasteiger partial charge < -0.3 is 0 Å². The SMILES string of the molecule is CC1=Cc2cccc(C)c2C1c1c(C(C)(C)C)c(=C(c2ccccc2)c2ccccc2)cc2c1=Cc1cc(C(C)(C)C)ccc1-2. The Balaban J connectivity index is 1.72. The van der Waals surface area contributed by atoms with Crippen LogP contribution in [0.1, 0.15) is 104 Å². The van der Waals surface area contributed by atoms with Crippen molar-refractivity contribution in [2.75, 3.05) is 0 Å². The Morgan fingerprint density at radius 1 is 0.556 bits per heavy atom. The third-order valence-corrected chi connectivity index (χ3v) is 9.83. The van der Waals surface area contributed by atoms with Crippen molar-refractivity contribution >= 4 is 17.7 Å². The van der Waals surface area contributed by atoms with E-state index < -0.39 is 0 Å². The molecule has 0 nitrogen and oxygen atoms in total. The zero-order chi connectivity index (χ0) is 31.7. The van der Waals surface area contributed by atoms with Crippen LogP contribution in [0, 0.1) is 6.92 Å². The van der Waals surface area contributed by atoms with Crippen molar-refractivity contribution in [2.24, 2.45) is 0 Å². The quantitative estimate of drug-likeness (QED) is 0.194. The highest BCUT2D eigenvalue weighted by molar-refractivity contribution is 5.88. The lowest BCUT2D eigenvalue weighted by atomic mass is 9.72. The van der Waals surface area contributed by atoms with Crippen LogP contribution in [0.25, 0.3) is 28.9 Å². The van der Waals surface area contributed by atoms with Gasteiger partial charge in [-0.2, -0.15) is 0 Å². The lowest BCUT2D eigenvalue weighted by Gasteiger charge is -2.31. The number of hydrogen-bond acceptors (Lipinski definition) is 0. The normalized spacial score (nSPS) is 15.2. The molecule has 0 bridgehead atoms. The van der Waals surface area contributed by atoms with Crippen LogP contribution in [0.4, 0.5) is 0 Å². The van der Waals surface area contributed by atoms with Gasteiger partial charge >= 0.3 is 0 Å². The molecular formula is C45H44. The lowest BCUT2D eigenvalue weighted by molar-refractivity contribution is 0.575. The highest BCUT2D eigenvalue weighted by Gasteiger charge is 2.35. The fraction of sp³-hybridized carbons (Fsp3) is 0.244. The predicted molar refractivity (Wildman–Crippen MR) is 193 cm³/mol. The van der Waals surface area contributed by atoms with Crippen molar-refractivity contribution in [2.45, 2.75) is 72.1 Å². The average Bonchev–Trinajstić information content (AvgIpc) is 3.54. The van der Waals surface area contributed by atoms with E-state index in [2.05, 4.69) is 171 Å². The van der Waals surface area contributed by atoms with Gasteiger partial charge in [-0.15, -0.1) is 0 Å². The number of benzene rings is 5. The highest BCUT2D eigenvalue weighted by Crippen LogP contribution is 2.45. The van der Waals surface area contributed by atoms with E-state index in [0.29, 0.717) is 0 Å². The molecule has 0 heterocycles. The van der Waals surface area contributed by atoms with Crippen molar-refractivity contribution in [1.82, 2.24) is 0 Å². The lowest BCUT2D eigenvalue weighted by Crippen LogP contribution is -2.34. The van der Waals surface area contributed by atoms with Crippen molar-refractivity contribution in [3.8, 4) is 11.1 Å². The van der Waals surface area contributed by atoms with E-state index >= 15 is 0 Å². The summed E-state index contributed by atoms with van der Waals surface area (Å²) in [5, 5.41) is 2.73. The number of aryl methyl sites for hydroxylation is 1. The van der Waals surface area contributed by atoms with Crippen LogP contribution in [-0.4, -0.2) is 0 Å². The number of rotatable bonds is 3. The van der Waals surface area contributed by atoms with Crippen LogP contribution in [-0.2, 0) is 10.8 Å². The maximum Gasteiger partial charge on any atom is 0.0317 e. The molecule has 224 valence electrons. The van der Waals surface area contributed by atoms with Gasteiger partial charge in [0.25, 0.3) is 0 Å². The summed E-state index contributed by atoms with van der Waals surface area (Å²) in [6.07, 6.45) is 4.93. The molecule has 0 heteroatoms. The van der Waals surface area contributed by atoms with Crippen molar-refractivity contribution in [3.63, 3.8) is 0 Å². The summed E-state index contributed by atoms with van der Waals surface area (Å²) in [6, 6.07) is 38.5. The van der Waals surface area contributed by atoms with Gasteiger partial charge in [-0.25, -0.2) is 0 Å². The van der Waals surface area contributed by atoms with Gasteiger partial charge in [-0.1, -0.05) is 150 Å². The molecular weight excluding hydrogens is 540 g/mol. The minimum Gasteiger partial charge on any atom is -0.0622 e. The van der Waals surface area contributed by atoms with E-state index in [1.165, 1.54) is 82.8 Å².